The van der Waals surface area contributed by atoms with E-state index in [4.69, 9.17) is 9.47 Å². The van der Waals surface area contributed by atoms with Gasteiger partial charge in [0.25, 0.3) is 0 Å². The second kappa shape index (κ2) is 9.99. The number of nitriles is 1. The van der Waals surface area contributed by atoms with Gasteiger partial charge >= 0.3 is 6.09 Å². The number of hydrogen-bond donors (Lipinski definition) is 1. The highest BCUT2D eigenvalue weighted by Crippen LogP contribution is 2.45. The molecule has 0 spiro atoms. The largest absolute Gasteiger partial charge is 0.455 e. The second-order valence-electron chi connectivity index (χ2n) is 9.21. The van der Waals surface area contributed by atoms with Crippen molar-refractivity contribution in [3.8, 4) is 28.7 Å². The number of anilines is 1. The summed E-state index contributed by atoms with van der Waals surface area (Å²) in [6.07, 6.45) is 6.77. The van der Waals surface area contributed by atoms with Gasteiger partial charge in [-0.1, -0.05) is 0 Å². The molecule has 5 rings (SSSR count). The quantitative estimate of drug-likeness (QED) is 0.543. The van der Waals surface area contributed by atoms with Gasteiger partial charge < -0.3 is 14.8 Å². The molecule has 36 heavy (non-hydrogen) atoms. The Balaban J connectivity index is 1.63. The van der Waals surface area contributed by atoms with Crippen LogP contribution in [0.5, 0.6) is 11.5 Å². The van der Waals surface area contributed by atoms with Gasteiger partial charge in [-0.3, -0.25) is 9.58 Å². The molecule has 2 aliphatic rings. The number of hydrogen-bond acceptors (Lipinski definition) is 6. The standard InChI is InChI=1S/C27H28FN5O3/c1-17-3-5-23-24(33(17)27(34)35-2)7-6-22(19-15-31-32(16-19)21-9-11-30-12-10-21)26(23)36-25-8-4-20(28)13-18(25)14-29/h4,6-8,13,15-17,21,30H,3,5,9-12H2,1-2H3/t17-/m0/s1. The van der Waals surface area contributed by atoms with Gasteiger partial charge in [-0.15, -0.1) is 0 Å². The Morgan fingerprint density at radius 2 is 2.03 bits per heavy atom. The van der Waals surface area contributed by atoms with E-state index in [0.717, 1.165) is 48.7 Å². The van der Waals surface area contributed by atoms with Gasteiger partial charge in [-0.25, -0.2) is 9.18 Å². The van der Waals surface area contributed by atoms with E-state index in [2.05, 4.69) is 10.4 Å². The third-order valence-corrected chi connectivity index (χ3v) is 6.99. The molecule has 1 saturated heterocycles. The molecule has 8 nitrogen and oxygen atoms in total. The lowest BCUT2D eigenvalue weighted by atomic mass is 9.92. The molecule has 2 aliphatic heterocycles. The van der Waals surface area contributed by atoms with E-state index in [0.29, 0.717) is 30.3 Å². The molecule has 1 aromatic heterocycles. The van der Waals surface area contributed by atoms with Gasteiger partial charge in [-0.05, 0) is 76.0 Å². The number of nitrogens with one attached hydrogen (secondary N) is 1. The molecule has 186 valence electrons. The van der Waals surface area contributed by atoms with Crippen molar-refractivity contribution < 1.29 is 18.7 Å². The van der Waals surface area contributed by atoms with Crippen LogP contribution in [-0.2, 0) is 11.2 Å². The molecular formula is C27H28FN5O3. The summed E-state index contributed by atoms with van der Waals surface area (Å²) in [5.41, 5.74) is 3.29. The molecular weight excluding hydrogens is 461 g/mol. The van der Waals surface area contributed by atoms with Crippen molar-refractivity contribution in [2.75, 3.05) is 25.1 Å². The number of carbonyl (C=O) groups excluding carboxylic acids is 1. The maximum absolute atomic E-state index is 13.8. The Labute approximate surface area is 209 Å². The summed E-state index contributed by atoms with van der Waals surface area (Å²) in [7, 11) is 1.36. The topological polar surface area (TPSA) is 92.4 Å². The number of nitrogens with zero attached hydrogens (tertiary/aromatic N) is 4. The van der Waals surface area contributed by atoms with E-state index in [1.807, 2.05) is 42.2 Å². The van der Waals surface area contributed by atoms with Gasteiger partial charge in [0.15, 0.2) is 0 Å². The lowest BCUT2D eigenvalue weighted by Gasteiger charge is -2.35. The van der Waals surface area contributed by atoms with Crippen LogP contribution in [-0.4, -0.2) is 42.1 Å². The average molecular weight is 490 g/mol. The van der Waals surface area contributed by atoms with Crippen LogP contribution in [0.1, 0.15) is 43.4 Å². The van der Waals surface area contributed by atoms with E-state index >= 15 is 0 Å². The number of halogens is 1. The molecule has 1 N–H and O–H groups in total. The fraction of sp³-hybridized carbons (Fsp3) is 0.370. The van der Waals surface area contributed by atoms with Crippen LogP contribution in [0.3, 0.4) is 0 Å². The lowest BCUT2D eigenvalue weighted by molar-refractivity contribution is 0.175. The summed E-state index contributed by atoms with van der Waals surface area (Å²) in [4.78, 5) is 14.3. The maximum atomic E-state index is 13.8. The molecule has 0 radical (unpaired) electrons. The van der Waals surface area contributed by atoms with Crippen molar-refractivity contribution in [2.45, 2.75) is 44.7 Å². The summed E-state index contributed by atoms with van der Waals surface area (Å²) in [6, 6.07) is 9.97. The number of aromatic nitrogens is 2. The first-order valence-electron chi connectivity index (χ1n) is 12.2. The summed E-state index contributed by atoms with van der Waals surface area (Å²) in [5.74, 6) is 0.270. The fourth-order valence-corrected chi connectivity index (χ4v) is 5.06. The number of rotatable bonds is 4. The van der Waals surface area contributed by atoms with Crippen molar-refractivity contribution in [2.24, 2.45) is 0 Å². The van der Waals surface area contributed by atoms with Crippen LogP contribution in [0.25, 0.3) is 11.1 Å². The fourth-order valence-electron chi connectivity index (χ4n) is 5.06. The first-order valence-corrected chi connectivity index (χ1v) is 12.2. The highest BCUT2D eigenvalue weighted by Gasteiger charge is 2.33. The number of fused-ring (bicyclic) bond motifs is 1. The van der Waals surface area contributed by atoms with E-state index < -0.39 is 11.9 Å². The van der Waals surface area contributed by atoms with E-state index in [-0.39, 0.29) is 17.4 Å². The minimum atomic E-state index is -0.511. The van der Waals surface area contributed by atoms with Gasteiger partial charge in [0, 0.05) is 28.9 Å². The normalized spacial score (nSPS) is 17.8. The first kappa shape index (κ1) is 23.8. The summed E-state index contributed by atoms with van der Waals surface area (Å²) in [6.45, 7) is 3.89. The monoisotopic (exact) mass is 489 g/mol. The zero-order valence-electron chi connectivity index (χ0n) is 20.3. The second-order valence-corrected chi connectivity index (χ2v) is 9.21. The highest BCUT2D eigenvalue weighted by molar-refractivity contribution is 5.92. The van der Waals surface area contributed by atoms with Crippen LogP contribution >= 0.6 is 0 Å². The van der Waals surface area contributed by atoms with Crippen LogP contribution in [0, 0.1) is 17.1 Å². The van der Waals surface area contributed by atoms with Crippen molar-refractivity contribution in [3.63, 3.8) is 0 Å². The molecule has 0 unspecified atom stereocenters. The molecule has 0 bridgehead atoms. The SMILES string of the molecule is COC(=O)N1c2ccc(-c3cnn(C4CCNCC4)c3)c(Oc3ccc(F)cc3C#N)c2CC[C@@H]1C. The zero-order chi connectivity index (χ0) is 25.2. The van der Waals surface area contributed by atoms with Crippen LogP contribution in [0.2, 0.25) is 0 Å². The van der Waals surface area contributed by atoms with Gasteiger partial charge in [0.1, 0.15) is 23.4 Å². The van der Waals surface area contributed by atoms with Crippen LogP contribution < -0.4 is 15.0 Å². The summed E-state index contributed by atoms with van der Waals surface area (Å²) in [5, 5.41) is 17.6. The molecule has 2 aromatic carbocycles. The maximum Gasteiger partial charge on any atom is 0.414 e. The molecule has 9 heteroatoms. The third kappa shape index (κ3) is 4.40. The summed E-state index contributed by atoms with van der Waals surface area (Å²) < 4.78 is 27.2. The minimum Gasteiger partial charge on any atom is -0.455 e. The van der Waals surface area contributed by atoms with Gasteiger partial charge in [0.05, 0.1) is 30.6 Å². The Bertz CT molecular complexity index is 1330. The van der Waals surface area contributed by atoms with Gasteiger partial charge in [-0.2, -0.15) is 10.4 Å². The smallest absolute Gasteiger partial charge is 0.414 e. The molecule has 3 aromatic rings. The zero-order valence-corrected chi connectivity index (χ0v) is 20.3. The number of piperidine rings is 1. The van der Waals surface area contributed by atoms with Crippen molar-refractivity contribution in [3.05, 3.63) is 59.7 Å². The number of ether oxygens (including phenoxy) is 2. The van der Waals surface area contributed by atoms with Crippen LogP contribution in [0.15, 0.2) is 42.7 Å². The Morgan fingerprint density at radius 3 is 2.78 bits per heavy atom. The van der Waals surface area contributed by atoms with E-state index in [9.17, 15) is 14.4 Å². The molecule has 1 fully saturated rings. The van der Waals surface area contributed by atoms with Crippen molar-refractivity contribution in [1.82, 2.24) is 15.1 Å². The highest BCUT2D eigenvalue weighted by atomic mass is 19.1. The van der Waals surface area contributed by atoms with Crippen molar-refractivity contribution >= 4 is 11.8 Å². The Hall–Kier alpha value is -3.90. The molecule has 1 atom stereocenters. The number of benzene rings is 2. The van der Waals surface area contributed by atoms with E-state index in [1.54, 1.807) is 4.90 Å². The molecule has 3 heterocycles. The predicted molar refractivity (Wildman–Crippen MR) is 133 cm³/mol. The third-order valence-electron chi connectivity index (χ3n) is 6.99. The molecule has 0 aliphatic carbocycles. The minimum absolute atomic E-state index is 0.0493. The Morgan fingerprint density at radius 1 is 1.22 bits per heavy atom. The lowest BCUT2D eigenvalue weighted by Crippen LogP contribution is -2.42. The predicted octanol–water partition coefficient (Wildman–Crippen LogP) is 5.19. The molecule has 0 saturated carbocycles. The number of carbonyl (C=O) groups is 1. The average Bonchev–Trinajstić information content (AvgIpc) is 3.40. The summed E-state index contributed by atoms with van der Waals surface area (Å²) >= 11 is 0. The number of methoxy groups -OCH3 is 1. The van der Waals surface area contributed by atoms with Crippen molar-refractivity contribution in [1.29, 1.82) is 5.26 Å². The van der Waals surface area contributed by atoms with Crippen LogP contribution in [0.4, 0.5) is 14.9 Å². The Kier molecular flexibility index (Phi) is 6.61. The first-order chi connectivity index (χ1) is 17.5. The van der Waals surface area contributed by atoms with E-state index in [1.165, 1.54) is 19.2 Å². The van der Waals surface area contributed by atoms with Gasteiger partial charge in [0.2, 0.25) is 0 Å². The number of amides is 1. The molecule has 1 amide bonds.